The Morgan fingerprint density at radius 3 is 2.35 bits per heavy atom. The van der Waals surface area contributed by atoms with Crippen LogP contribution in [-0.4, -0.2) is 67.9 Å². The summed E-state index contributed by atoms with van der Waals surface area (Å²) in [6.07, 6.45) is 2.05. The first kappa shape index (κ1) is 20.8. The summed E-state index contributed by atoms with van der Waals surface area (Å²) < 4.78 is 26.5. The molecule has 0 aromatic heterocycles. The Morgan fingerprint density at radius 2 is 1.77 bits per heavy atom. The van der Waals surface area contributed by atoms with Crippen molar-refractivity contribution in [1.29, 1.82) is 0 Å². The van der Waals surface area contributed by atoms with Crippen molar-refractivity contribution in [1.82, 2.24) is 14.5 Å². The standard InChI is InChI=1S/C17H23N3O4S.ClH/c1-18-13-6-4-9-19(12-13)25(23,24)11-5-10-20-16(21)14-7-2-3-8-15(14)17(20)22;/h2-3,7-8,13,18H,4-6,9-12H2,1H3;1H. The van der Waals surface area contributed by atoms with E-state index in [-0.39, 0.29) is 49.0 Å². The molecule has 1 aromatic rings. The highest BCUT2D eigenvalue weighted by atomic mass is 35.5. The van der Waals surface area contributed by atoms with Crippen molar-refractivity contribution in [2.75, 3.05) is 32.4 Å². The summed E-state index contributed by atoms with van der Waals surface area (Å²) in [6, 6.07) is 6.86. The van der Waals surface area contributed by atoms with Gasteiger partial charge < -0.3 is 5.32 Å². The molecule has 1 unspecified atom stereocenters. The van der Waals surface area contributed by atoms with Gasteiger partial charge in [-0.15, -0.1) is 12.4 Å². The lowest BCUT2D eigenvalue weighted by atomic mass is 10.1. The number of fused-ring (bicyclic) bond motifs is 1. The first-order valence-corrected chi connectivity index (χ1v) is 10.2. The van der Waals surface area contributed by atoms with Crippen molar-refractivity contribution in [2.24, 2.45) is 0 Å². The molecule has 1 N–H and O–H groups in total. The maximum absolute atomic E-state index is 12.5. The lowest BCUT2D eigenvalue weighted by Gasteiger charge is -2.31. The number of imide groups is 1. The summed E-state index contributed by atoms with van der Waals surface area (Å²) in [6.45, 7) is 1.13. The van der Waals surface area contributed by atoms with Crippen LogP contribution in [0, 0.1) is 0 Å². The molecule has 26 heavy (non-hydrogen) atoms. The topological polar surface area (TPSA) is 86.8 Å². The predicted octanol–water partition coefficient (Wildman–Crippen LogP) is 1.11. The second-order valence-corrected chi connectivity index (χ2v) is 8.55. The van der Waals surface area contributed by atoms with Crippen LogP contribution in [0.3, 0.4) is 0 Å². The minimum Gasteiger partial charge on any atom is -0.316 e. The average molecular weight is 402 g/mol. The Balaban J connectivity index is 0.00000243. The van der Waals surface area contributed by atoms with Crippen LogP contribution in [-0.2, 0) is 10.0 Å². The molecule has 1 atom stereocenters. The molecule has 2 aliphatic rings. The van der Waals surface area contributed by atoms with Gasteiger partial charge in [-0.1, -0.05) is 12.1 Å². The quantitative estimate of drug-likeness (QED) is 0.721. The van der Waals surface area contributed by atoms with Gasteiger partial charge in [0.05, 0.1) is 16.9 Å². The highest BCUT2D eigenvalue weighted by molar-refractivity contribution is 7.89. The predicted molar refractivity (Wildman–Crippen MR) is 101 cm³/mol. The lowest BCUT2D eigenvalue weighted by molar-refractivity contribution is 0.0654. The first-order valence-electron chi connectivity index (χ1n) is 8.54. The number of likely N-dealkylation sites (N-methyl/N-ethyl adjacent to an activating group) is 1. The Labute approximate surface area is 160 Å². The third-order valence-electron chi connectivity index (χ3n) is 4.85. The molecular weight excluding hydrogens is 378 g/mol. The molecule has 9 heteroatoms. The van der Waals surface area contributed by atoms with Crippen molar-refractivity contribution in [2.45, 2.75) is 25.3 Å². The molecule has 2 amide bonds. The van der Waals surface area contributed by atoms with Gasteiger partial charge in [-0.05, 0) is 38.4 Å². The molecule has 1 saturated heterocycles. The van der Waals surface area contributed by atoms with E-state index in [2.05, 4.69) is 5.32 Å². The zero-order valence-electron chi connectivity index (χ0n) is 14.7. The van der Waals surface area contributed by atoms with E-state index in [1.165, 1.54) is 4.31 Å². The molecule has 1 fully saturated rings. The number of sulfonamides is 1. The number of hydrogen-bond acceptors (Lipinski definition) is 5. The Hall–Kier alpha value is -1.48. The fourth-order valence-electron chi connectivity index (χ4n) is 3.41. The molecule has 0 aliphatic carbocycles. The Kier molecular flexibility index (Phi) is 6.79. The first-order chi connectivity index (χ1) is 11.9. The van der Waals surface area contributed by atoms with Crippen molar-refractivity contribution in [3.63, 3.8) is 0 Å². The van der Waals surface area contributed by atoms with E-state index in [9.17, 15) is 18.0 Å². The van der Waals surface area contributed by atoms with Crippen LogP contribution < -0.4 is 5.32 Å². The molecule has 0 spiro atoms. The van der Waals surface area contributed by atoms with E-state index in [4.69, 9.17) is 0 Å². The van der Waals surface area contributed by atoms with Gasteiger partial charge in [-0.3, -0.25) is 14.5 Å². The van der Waals surface area contributed by atoms with Gasteiger partial charge in [-0.25, -0.2) is 12.7 Å². The van der Waals surface area contributed by atoms with Crippen LogP contribution >= 0.6 is 12.4 Å². The molecule has 0 radical (unpaired) electrons. The number of halogens is 1. The number of benzene rings is 1. The van der Waals surface area contributed by atoms with E-state index >= 15 is 0 Å². The van der Waals surface area contributed by atoms with E-state index in [0.717, 1.165) is 17.7 Å². The maximum Gasteiger partial charge on any atom is 0.261 e. The van der Waals surface area contributed by atoms with Gasteiger partial charge in [0.25, 0.3) is 11.8 Å². The van der Waals surface area contributed by atoms with Crippen molar-refractivity contribution in [3.05, 3.63) is 35.4 Å². The number of piperidine rings is 1. The van der Waals surface area contributed by atoms with Crippen LogP contribution in [0.15, 0.2) is 24.3 Å². The highest BCUT2D eigenvalue weighted by Gasteiger charge is 2.35. The van der Waals surface area contributed by atoms with Crippen LogP contribution in [0.25, 0.3) is 0 Å². The molecule has 3 rings (SSSR count). The van der Waals surface area contributed by atoms with E-state index in [1.54, 1.807) is 24.3 Å². The van der Waals surface area contributed by atoms with Crippen molar-refractivity contribution < 1.29 is 18.0 Å². The van der Waals surface area contributed by atoms with Gasteiger partial charge >= 0.3 is 0 Å². The van der Waals surface area contributed by atoms with Crippen molar-refractivity contribution >= 4 is 34.2 Å². The van der Waals surface area contributed by atoms with Crippen molar-refractivity contribution in [3.8, 4) is 0 Å². The van der Waals surface area contributed by atoms with Gasteiger partial charge in [0.1, 0.15) is 0 Å². The number of amides is 2. The fourth-order valence-corrected chi connectivity index (χ4v) is 4.97. The smallest absolute Gasteiger partial charge is 0.261 e. The normalized spacial score (nSPS) is 20.8. The van der Waals surface area contributed by atoms with Gasteiger partial charge in [-0.2, -0.15) is 0 Å². The van der Waals surface area contributed by atoms with Crippen LogP contribution in [0.5, 0.6) is 0 Å². The lowest BCUT2D eigenvalue weighted by Crippen LogP contribution is -2.47. The Bertz CT molecular complexity index is 749. The molecule has 1 aromatic carbocycles. The van der Waals surface area contributed by atoms with Gasteiger partial charge in [0.15, 0.2) is 0 Å². The summed E-state index contributed by atoms with van der Waals surface area (Å²) in [4.78, 5) is 25.7. The third-order valence-corrected chi connectivity index (χ3v) is 6.77. The second kappa shape index (κ2) is 8.47. The van der Waals surface area contributed by atoms with Crippen LogP contribution in [0.1, 0.15) is 40.0 Å². The third kappa shape index (κ3) is 4.09. The number of nitrogens with one attached hydrogen (secondary N) is 1. The zero-order valence-corrected chi connectivity index (χ0v) is 16.3. The highest BCUT2D eigenvalue weighted by Crippen LogP contribution is 2.23. The van der Waals surface area contributed by atoms with E-state index in [1.807, 2.05) is 7.05 Å². The number of carbonyl (C=O) groups is 2. The summed E-state index contributed by atoms with van der Waals surface area (Å²) in [7, 11) is -1.54. The minimum atomic E-state index is -3.38. The summed E-state index contributed by atoms with van der Waals surface area (Å²) >= 11 is 0. The Morgan fingerprint density at radius 1 is 1.15 bits per heavy atom. The van der Waals surface area contributed by atoms with Crippen LogP contribution in [0.2, 0.25) is 0 Å². The summed E-state index contributed by atoms with van der Waals surface area (Å²) in [5.41, 5.74) is 0.784. The molecule has 2 heterocycles. The summed E-state index contributed by atoms with van der Waals surface area (Å²) in [5.74, 6) is -0.742. The minimum absolute atomic E-state index is 0. The number of hydrogen-bond donors (Lipinski definition) is 1. The molecule has 2 aliphatic heterocycles. The molecule has 0 bridgehead atoms. The SMILES string of the molecule is CNC1CCCN(S(=O)(=O)CCCN2C(=O)c3ccccc3C2=O)C1.Cl. The van der Waals surface area contributed by atoms with Gasteiger partial charge in [0, 0.05) is 25.7 Å². The maximum atomic E-state index is 12.5. The monoisotopic (exact) mass is 401 g/mol. The summed E-state index contributed by atoms with van der Waals surface area (Å²) in [5, 5.41) is 3.12. The zero-order chi connectivity index (χ0) is 18.0. The molecular formula is C17H24ClN3O4S. The molecule has 7 nitrogen and oxygen atoms in total. The largest absolute Gasteiger partial charge is 0.316 e. The number of rotatable bonds is 6. The van der Waals surface area contributed by atoms with E-state index < -0.39 is 10.0 Å². The molecule has 144 valence electrons. The number of nitrogens with zero attached hydrogens (tertiary/aromatic N) is 2. The molecule has 0 saturated carbocycles. The number of carbonyl (C=O) groups excluding carboxylic acids is 2. The van der Waals surface area contributed by atoms with E-state index in [0.29, 0.717) is 24.2 Å². The van der Waals surface area contributed by atoms with Crippen LogP contribution in [0.4, 0.5) is 0 Å². The average Bonchev–Trinajstić information content (AvgIpc) is 2.87. The fraction of sp³-hybridized carbons (Fsp3) is 0.529. The van der Waals surface area contributed by atoms with Gasteiger partial charge in [0.2, 0.25) is 10.0 Å². The second-order valence-electron chi connectivity index (χ2n) is 6.46.